The minimum atomic E-state index is -4.65. The number of anilines is 1. The molecule has 0 aliphatic rings. The molecule has 178 valence electrons. The number of benzene rings is 1. The first-order valence-electron chi connectivity index (χ1n) is 10.6. The Morgan fingerprint density at radius 3 is 2.43 bits per heavy atom. The van der Waals surface area contributed by atoms with E-state index in [2.05, 4.69) is 25.0 Å². The monoisotopic (exact) mass is 482 g/mol. The molecule has 35 heavy (non-hydrogen) atoms. The molecule has 12 heteroatoms. The zero-order chi connectivity index (χ0) is 24.7. The van der Waals surface area contributed by atoms with E-state index in [0.29, 0.717) is 34.3 Å². The maximum Gasteiger partial charge on any atom is 0.451 e. The molecular formula is C23H18F4N8. The summed E-state index contributed by atoms with van der Waals surface area (Å²) in [5.41, 5.74) is 8.53. The molecule has 0 aliphatic carbocycles. The number of hydrogen-bond acceptors (Lipinski definition) is 6. The summed E-state index contributed by atoms with van der Waals surface area (Å²) in [5, 5.41) is 4.78. The van der Waals surface area contributed by atoms with Crippen LogP contribution in [-0.4, -0.2) is 34.3 Å². The van der Waals surface area contributed by atoms with E-state index in [-0.39, 0.29) is 11.9 Å². The lowest BCUT2D eigenvalue weighted by Crippen LogP contribution is -2.10. The number of hydrogen-bond donors (Lipinski definition) is 1. The molecule has 1 aromatic carbocycles. The van der Waals surface area contributed by atoms with E-state index in [1.54, 1.807) is 36.8 Å². The van der Waals surface area contributed by atoms with Crippen LogP contribution in [0.2, 0.25) is 0 Å². The Labute approximate surface area is 196 Å². The minimum absolute atomic E-state index is 0.167. The molecule has 4 heterocycles. The summed E-state index contributed by atoms with van der Waals surface area (Å²) in [6.45, 7) is 1.96. The van der Waals surface area contributed by atoms with Gasteiger partial charge in [0.2, 0.25) is 5.82 Å². The molecule has 1 atom stereocenters. The summed E-state index contributed by atoms with van der Waals surface area (Å²) in [5.74, 6) is -1.48. The number of alkyl halides is 3. The molecule has 4 aromatic heterocycles. The SMILES string of the molecule is CCC(c1cnn(-c2ccccc2F)c1)n1cc(-c2cnc(C(F)(F)F)nc2)c2c(N)ncnc21. The number of rotatable bonds is 5. The molecule has 0 amide bonds. The molecule has 0 aliphatic heterocycles. The number of para-hydroxylation sites is 1. The largest absolute Gasteiger partial charge is 0.451 e. The van der Waals surface area contributed by atoms with Gasteiger partial charge in [0, 0.05) is 41.5 Å². The number of nitrogens with two attached hydrogens (primary N) is 1. The van der Waals surface area contributed by atoms with Gasteiger partial charge in [0.25, 0.3) is 0 Å². The quantitative estimate of drug-likeness (QED) is 0.361. The van der Waals surface area contributed by atoms with E-state index in [1.165, 1.54) is 17.1 Å². The van der Waals surface area contributed by atoms with Crippen molar-refractivity contribution >= 4 is 16.9 Å². The Hall–Kier alpha value is -4.35. The molecule has 8 nitrogen and oxygen atoms in total. The van der Waals surface area contributed by atoms with E-state index >= 15 is 0 Å². The Bertz CT molecular complexity index is 1500. The molecule has 5 rings (SSSR count). The predicted octanol–water partition coefficient (Wildman–Crippen LogP) is 4.81. The third-order valence-corrected chi connectivity index (χ3v) is 5.66. The third-order valence-electron chi connectivity index (χ3n) is 5.66. The number of fused-ring (bicyclic) bond motifs is 1. The van der Waals surface area contributed by atoms with Crippen LogP contribution in [0.15, 0.2) is 61.6 Å². The number of aromatic nitrogens is 7. The first-order chi connectivity index (χ1) is 16.8. The van der Waals surface area contributed by atoms with Crippen LogP contribution in [0, 0.1) is 5.82 Å². The smallest absolute Gasteiger partial charge is 0.383 e. The van der Waals surface area contributed by atoms with Gasteiger partial charge < -0.3 is 10.3 Å². The molecule has 0 bridgehead atoms. The van der Waals surface area contributed by atoms with Crippen LogP contribution in [0.25, 0.3) is 27.8 Å². The van der Waals surface area contributed by atoms with Crippen molar-refractivity contribution in [3.8, 4) is 16.8 Å². The summed E-state index contributed by atoms with van der Waals surface area (Å²) in [7, 11) is 0. The predicted molar refractivity (Wildman–Crippen MR) is 120 cm³/mol. The van der Waals surface area contributed by atoms with Gasteiger partial charge in [-0.15, -0.1) is 0 Å². The second-order valence-electron chi connectivity index (χ2n) is 7.79. The lowest BCUT2D eigenvalue weighted by Gasteiger charge is -2.16. The summed E-state index contributed by atoms with van der Waals surface area (Å²) in [6.07, 6.45) is 4.56. The Morgan fingerprint density at radius 1 is 1.00 bits per heavy atom. The summed E-state index contributed by atoms with van der Waals surface area (Å²) >= 11 is 0. The molecule has 0 saturated heterocycles. The van der Waals surface area contributed by atoms with Crippen molar-refractivity contribution in [2.75, 3.05) is 5.73 Å². The Kier molecular flexibility index (Phi) is 5.42. The van der Waals surface area contributed by atoms with Gasteiger partial charge in [-0.05, 0) is 18.6 Å². The van der Waals surface area contributed by atoms with E-state index in [4.69, 9.17) is 5.73 Å². The maximum atomic E-state index is 14.3. The van der Waals surface area contributed by atoms with Gasteiger partial charge in [0.1, 0.15) is 29.3 Å². The van der Waals surface area contributed by atoms with Crippen molar-refractivity contribution in [3.05, 3.63) is 78.8 Å². The normalized spacial score (nSPS) is 12.8. The van der Waals surface area contributed by atoms with Gasteiger partial charge in [-0.3, -0.25) is 0 Å². The van der Waals surface area contributed by atoms with Crippen LogP contribution in [0.3, 0.4) is 0 Å². The maximum absolute atomic E-state index is 14.3. The molecule has 0 saturated carbocycles. The second kappa shape index (κ2) is 8.46. The van der Waals surface area contributed by atoms with E-state index < -0.39 is 17.8 Å². The first kappa shape index (κ1) is 22.4. The third kappa shape index (κ3) is 3.96. The lowest BCUT2D eigenvalue weighted by molar-refractivity contribution is -0.144. The van der Waals surface area contributed by atoms with Gasteiger partial charge in [-0.25, -0.2) is 29.0 Å². The molecular weight excluding hydrogens is 464 g/mol. The Morgan fingerprint density at radius 2 is 1.74 bits per heavy atom. The van der Waals surface area contributed by atoms with Crippen molar-refractivity contribution in [3.63, 3.8) is 0 Å². The van der Waals surface area contributed by atoms with Gasteiger partial charge in [-0.1, -0.05) is 19.1 Å². The fourth-order valence-electron chi connectivity index (χ4n) is 4.05. The Balaban J connectivity index is 1.62. The van der Waals surface area contributed by atoms with Gasteiger partial charge in [0.15, 0.2) is 0 Å². The van der Waals surface area contributed by atoms with Crippen molar-refractivity contribution in [1.82, 2.24) is 34.3 Å². The van der Waals surface area contributed by atoms with Gasteiger partial charge in [-0.2, -0.15) is 18.3 Å². The van der Waals surface area contributed by atoms with Gasteiger partial charge in [0.05, 0.1) is 17.6 Å². The minimum Gasteiger partial charge on any atom is -0.383 e. The number of halogens is 4. The molecule has 1 unspecified atom stereocenters. The van der Waals surface area contributed by atoms with Crippen LogP contribution < -0.4 is 5.73 Å². The highest BCUT2D eigenvalue weighted by molar-refractivity contribution is 6.00. The summed E-state index contributed by atoms with van der Waals surface area (Å²) in [6, 6.07) is 6.01. The van der Waals surface area contributed by atoms with Crippen LogP contribution in [0.4, 0.5) is 23.4 Å². The highest BCUT2D eigenvalue weighted by Crippen LogP contribution is 2.37. The topological polar surface area (TPSA) is 100 Å². The van der Waals surface area contributed by atoms with Crippen molar-refractivity contribution in [2.24, 2.45) is 0 Å². The van der Waals surface area contributed by atoms with Crippen LogP contribution in [0.5, 0.6) is 0 Å². The first-order valence-corrected chi connectivity index (χ1v) is 10.6. The fourth-order valence-corrected chi connectivity index (χ4v) is 4.05. The second-order valence-corrected chi connectivity index (χ2v) is 7.79. The number of nitrogens with zero attached hydrogens (tertiary/aromatic N) is 7. The molecule has 0 radical (unpaired) electrons. The van der Waals surface area contributed by atoms with E-state index in [0.717, 1.165) is 18.0 Å². The molecule has 0 spiro atoms. The molecule has 2 N–H and O–H groups in total. The highest BCUT2D eigenvalue weighted by Gasteiger charge is 2.34. The average molecular weight is 482 g/mol. The highest BCUT2D eigenvalue weighted by atomic mass is 19.4. The lowest BCUT2D eigenvalue weighted by atomic mass is 10.1. The van der Waals surface area contributed by atoms with Crippen LogP contribution in [0.1, 0.15) is 30.8 Å². The van der Waals surface area contributed by atoms with Crippen LogP contribution in [-0.2, 0) is 6.18 Å². The van der Waals surface area contributed by atoms with Crippen molar-refractivity contribution < 1.29 is 17.6 Å². The summed E-state index contributed by atoms with van der Waals surface area (Å²) in [4.78, 5) is 15.4. The van der Waals surface area contributed by atoms with Crippen molar-refractivity contribution in [1.29, 1.82) is 0 Å². The molecule has 0 fully saturated rings. The standard InChI is InChI=1S/C23H18F4N8/c1-2-17(14-9-33-35(10-14)18-6-4-3-5-16(18)24)34-11-15(19-20(28)31-12-32-21(19)34)13-7-29-22(30-8-13)23(25,26)27/h3-12,17H,2H2,1H3,(H2,28,31,32). The van der Waals surface area contributed by atoms with Crippen LogP contribution >= 0.6 is 0 Å². The molecule has 5 aromatic rings. The van der Waals surface area contributed by atoms with Gasteiger partial charge >= 0.3 is 6.18 Å². The number of nitrogen functional groups attached to an aromatic ring is 1. The fraction of sp³-hybridized carbons (Fsp3) is 0.174. The van der Waals surface area contributed by atoms with Crippen molar-refractivity contribution in [2.45, 2.75) is 25.6 Å². The zero-order valence-electron chi connectivity index (χ0n) is 18.3. The summed E-state index contributed by atoms with van der Waals surface area (Å²) < 4.78 is 56.4. The van der Waals surface area contributed by atoms with E-state index in [9.17, 15) is 17.6 Å². The van der Waals surface area contributed by atoms with E-state index in [1.807, 2.05) is 11.5 Å². The zero-order valence-corrected chi connectivity index (χ0v) is 18.3. The average Bonchev–Trinajstić information content (AvgIpc) is 3.46.